The zero-order valence-electron chi connectivity index (χ0n) is 16.6. The third-order valence-electron chi connectivity index (χ3n) is 4.38. The van der Waals surface area contributed by atoms with Crippen LogP contribution in [0.1, 0.15) is 16.7 Å². The van der Waals surface area contributed by atoms with Crippen LogP contribution in [0.5, 0.6) is 5.75 Å². The highest BCUT2D eigenvalue weighted by Gasteiger charge is 2.30. The molecule has 0 fully saturated rings. The summed E-state index contributed by atoms with van der Waals surface area (Å²) < 4.78 is 45.5. The van der Waals surface area contributed by atoms with E-state index in [1.807, 2.05) is 36.4 Å². The van der Waals surface area contributed by atoms with Gasteiger partial charge < -0.3 is 9.84 Å². The molecular weight excluding hydrogens is 505 g/mol. The normalized spacial score (nSPS) is 11.9. The van der Waals surface area contributed by atoms with E-state index in [-0.39, 0.29) is 0 Å². The van der Waals surface area contributed by atoms with Crippen molar-refractivity contribution in [3.8, 4) is 5.75 Å². The average Bonchev–Trinajstić information content (AvgIpc) is 2.76. The summed E-state index contributed by atoms with van der Waals surface area (Å²) >= 11 is 4.94. The van der Waals surface area contributed by atoms with Gasteiger partial charge in [-0.25, -0.2) is 4.79 Å². The first-order valence-electron chi connectivity index (χ1n) is 9.44. The lowest BCUT2D eigenvalue weighted by Crippen LogP contribution is -2.09. The van der Waals surface area contributed by atoms with Gasteiger partial charge in [-0.3, -0.25) is 0 Å². The number of alkyl halides is 3. The predicted octanol–water partition coefficient (Wildman–Crippen LogP) is 7.16. The summed E-state index contributed by atoms with van der Waals surface area (Å²) in [5, 5.41) is 8.71. The van der Waals surface area contributed by atoms with Crippen LogP contribution in [0.2, 0.25) is 0 Å². The third kappa shape index (κ3) is 6.64. The van der Waals surface area contributed by atoms with Gasteiger partial charge >= 0.3 is 12.1 Å². The van der Waals surface area contributed by atoms with Gasteiger partial charge in [-0.2, -0.15) is 13.2 Å². The number of aliphatic carboxylic acids is 1. The molecule has 0 spiro atoms. The minimum Gasteiger partial charge on any atom is -0.482 e. The van der Waals surface area contributed by atoms with Crippen molar-refractivity contribution in [1.82, 2.24) is 0 Å². The van der Waals surface area contributed by atoms with Crippen LogP contribution in [0, 0.1) is 0 Å². The van der Waals surface area contributed by atoms with Crippen molar-refractivity contribution in [2.24, 2.45) is 0 Å². The van der Waals surface area contributed by atoms with E-state index >= 15 is 0 Å². The summed E-state index contributed by atoms with van der Waals surface area (Å²) in [7, 11) is 0. The molecule has 8 heteroatoms. The van der Waals surface area contributed by atoms with E-state index in [0.29, 0.717) is 22.6 Å². The minimum atomic E-state index is -4.41. The lowest BCUT2D eigenvalue weighted by molar-refractivity contribution is -0.139. The standard InChI is InChI=1S/C24H18BrF3O3S/c25-21-14-19(31-15-23(29)30)9-10-22(21)32-12-11-20(16-5-2-1-3-6-16)17-7-4-8-18(13-17)24(26,27)28/h1-11,13-14H,12,15H2,(H,29,30). The highest BCUT2D eigenvalue weighted by atomic mass is 79.9. The van der Waals surface area contributed by atoms with Crippen molar-refractivity contribution in [3.05, 3.63) is 100 Å². The van der Waals surface area contributed by atoms with Gasteiger partial charge in [-0.15, -0.1) is 11.8 Å². The lowest BCUT2D eigenvalue weighted by atomic mass is 9.96. The maximum atomic E-state index is 13.2. The zero-order chi connectivity index (χ0) is 23.1. The molecule has 0 amide bonds. The van der Waals surface area contributed by atoms with Crippen LogP contribution in [0.25, 0.3) is 5.57 Å². The fraction of sp³-hybridized carbons (Fsp3) is 0.125. The van der Waals surface area contributed by atoms with Gasteiger partial charge in [-0.05, 0) is 63.0 Å². The van der Waals surface area contributed by atoms with Gasteiger partial charge in [0.1, 0.15) is 5.75 Å². The number of hydrogen-bond acceptors (Lipinski definition) is 3. The molecule has 0 unspecified atom stereocenters. The van der Waals surface area contributed by atoms with E-state index in [1.54, 1.807) is 24.3 Å². The first-order chi connectivity index (χ1) is 15.2. The van der Waals surface area contributed by atoms with E-state index in [9.17, 15) is 18.0 Å². The monoisotopic (exact) mass is 522 g/mol. The number of carboxylic acids is 1. The molecule has 1 N–H and O–H groups in total. The van der Waals surface area contributed by atoms with Crippen molar-refractivity contribution < 1.29 is 27.8 Å². The smallest absolute Gasteiger partial charge is 0.416 e. The number of ether oxygens (including phenoxy) is 1. The van der Waals surface area contributed by atoms with E-state index < -0.39 is 24.3 Å². The van der Waals surface area contributed by atoms with Crippen molar-refractivity contribution in [1.29, 1.82) is 0 Å². The average molecular weight is 523 g/mol. The second kappa shape index (κ2) is 10.7. The molecule has 32 heavy (non-hydrogen) atoms. The first kappa shape index (κ1) is 23.9. The van der Waals surface area contributed by atoms with E-state index in [1.165, 1.54) is 17.8 Å². The number of carboxylic acid groups (broad SMARTS) is 1. The highest BCUT2D eigenvalue weighted by Crippen LogP contribution is 2.34. The second-order valence-corrected chi connectivity index (χ2v) is 8.56. The van der Waals surface area contributed by atoms with E-state index in [0.717, 1.165) is 27.1 Å². The molecule has 0 saturated carbocycles. The zero-order valence-corrected chi connectivity index (χ0v) is 19.0. The molecule has 0 aliphatic rings. The van der Waals surface area contributed by atoms with Gasteiger partial charge in [0.2, 0.25) is 0 Å². The summed E-state index contributed by atoms with van der Waals surface area (Å²) in [6, 6.07) is 19.7. The highest BCUT2D eigenvalue weighted by molar-refractivity contribution is 9.10. The van der Waals surface area contributed by atoms with Crippen molar-refractivity contribution >= 4 is 39.2 Å². The Labute approximate surface area is 196 Å². The predicted molar refractivity (Wildman–Crippen MR) is 123 cm³/mol. The Hall–Kier alpha value is -2.71. The topological polar surface area (TPSA) is 46.5 Å². The maximum Gasteiger partial charge on any atom is 0.416 e. The van der Waals surface area contributed by atoms with Gasteiger partial charge in [0.05, 0.1) is 5.56 Å². The van der Waals surface area contributed by atoms with Gasteiger partial charge in [0.15, 0.2) is 6.61 Å². The van der Waals surface area contributed by atoms with E-state index in [2.05, 4.69) is 15.9 Å². The van der Waals surface area contributed by atoms with Crippen molar-refractivity contribution in [2.75, 3.05) is 12.4 Å². The van der Waals surface area contributed by atoms with Crippen LogP contribution < -0.4 is 4.74 Å². The fourth-order valence-electron chi connectivity index (χ4n) is 2.93. The van der Waals surface area contributed by atoms with Crippen LogP contribution in [0.15, 0.2) is 88.2 Å². The van der Waals surface area contributed by atoms with Crippen LogP contribution in [-0.2, 0) is 11.0 Å². The van der Waals surface area contributed by atoms with Crippen molar-refractivity contribution in [2.45, 2.75) is 11.1 Å². The molecule has 0 radical (unpaired) electrons. The van der Waals surface area contributed by atoms with Crippen molar-refractivity contribution in [3.63, 3.8) is 0 Å². The largest absolute Gasteiger partial charge is 0.482 e. The fourth-order valence-corrected chi connectivity index (χ4v) is 4.42. The molecule has 3 aromatic carbocycles. The summed E-state index contributed by atoms with van der Waals surface area (Å²) in [4.78, 5) is 11.5. The molecule has 0 aliphatic carbocycles. The molecule has 0 aliphatic heterocycles. The molecule has 0 heterocycles. The Morgan fingerprint density at radius 2 is 1.72 bits per heavy atom. The Morgan fingerprint density at radius 3 is 2.38 bits per heavy atom. The van der Waals surface area contributed by atoms with Gasteiger partial charge in [0.25, 0.3) is 0 Å². The third-order valence-corrected chi connectivity index (χ3v) is 6.30. The molecule has 0 atom stereocenters. The number of carbonyl (C=O) groups is 1. The molecular formula is C24H18BrF3O3S. The summed E-state index contributed by atoms with van der Waals surface area (Å²) in [6.45, 7) is -0.431. The Balaban J connectivity index is 1.83. The molecule has 0 bridgehead atoms. The minimum absolute atomic E-state index is 0.424. The van der Waals surface area contributed by atoms with Crippen LogP contribution in [-0.4, -0.2) is 23.4 Å². The van der Waals surface area contributed by atoms with Crippen LogP contribution in [0.4, 0.5) is 13.2 Å². The molecule has 166 valence electrons. The first-order valence-corrected chi connectivity index (χ1v) is 11.2. The molecule has 3 aromatic rings. The summed E-state index contributed by atoms with van der Waals surface area (Å²) in [5.74, 6) is -0.130. The number of benzene rings is 3. The van der Waals surface area contributed by atoms with Crippen LogP contribution in [0.3, 0.4) is 0 Å². The van der Waals surface area contributed by atoms with Gasteiger partial charge in [0, 0.05) is 15.1 Å². The van der Waals surface area contributed by atoms with Gasteiger partial charge in [-0.1, -0.05) is 48.5 Å². The molecule has 0 aromatic heterocycles. The summed E-state index contributed by atoms with van der Waals surface area (Å²) in [6.07, 6.45) is -2.52. The summed E-state index contributed by atoms with van der Waals surface area (Å²) in [5.41, 5.74) is 1.33. The Bertz CT molecular complexity index is 1110. The Morgan fingerprint density at radius 1 is 1.00 bits per heavy atom. The second-order valence-electron chi connectivity index (χ2n) is 6.65. The molecule has 3 rings (SSSR count). The Kier molecular flexibility index (Phi) is 8.04. The SMILES string of the molecule is O=C(O)COc1ccc(SCC=C(c2ccccc2)c2cccc(C(F)(F)F)c2)c(Br)c1. The maximum absolute atomic E-state index is 13.2. The lowest BCUT2D eigenvalue weighted by Gasteiger charge is -2.13. The van der Waals surface area contributed by atoms with Crippen LogP contribution >= 0.6 is 27.7 Å². The van der Waals surface area contributed by atoms with E-state index in [4.69, 9.17) is 9.84 Å². The molecule has 0 saturated heterocycles. The number of rotatable bonds is 8. The molecule has 3 nitrogen and oxygen atoms in total. The number of halogens is 4. The number of hydrogen-bond donors (Lipinski definition) is 1. The number of thioether (sulfide) groups is 1. The quantitative estimate of drug-likeness (QED) is 0.319.